The third kappa shape index (κ3) is 3.53. The predicted molar refractivity (Wildman–Crippen MR) is 68.9 cm³/mol. The lowest BCUT2D eigenvalue weighted by Crippen LogP contribution is -2.42. The average Bonchev–Trinajstić information content (AvgIpc) is 2.30. The quantitative estimate of drug-likeness (QED) is 0.653. The molecular weight excluding hydrogens is 196 g/mol. The van der Waals surface area contributed by atoms with Gasteiger partial charge in [-0.15, -0.1) is 0 Å². The van der Waals surface area contributed by atoms with E-state index in [9.17, 15) is 0 Å². The fourth-order valence-electron chi connectivity index (χ4n) is 2.35. The van der Waals surface area contributed by atoms with Gasteiger partial charge in [-0.25, -0.2) is 0 Å². The Kier molecular flexibility index (Phi) is 4.69. The molecule has 0 amide bonds. The first-order valence-electron chi connectivity index (χ1n) is 6.45. The standard InChI is InChI=1S/C14H22N2/c1-2-4-6-8-10-14-13(9-7-5-3-1)11-15-12-16-14/h2,4,6,8,10,13,15-16H,1,3,5,7,9,11-12H2. The molecule has 0 aromatic carbocycles. The third-order valence-corrected chi connectivity index (χ3v) is 3.31. The summed E-state index contributed by atoms with van der Waals surface area (Å²) in [5.74, 6) is 0.682. The van der Waals surface area contributed by atoms with Crippen LogP contribution in [-0.4, -0.2) is 13.2 Å². The lowest BCUT2D eigenvalue weighted by atomic mass is 9.95. The topological polar surface area (TPSA) is 24.1 Å². The van der Waals surface area contributed by atoms with Gasteiger partial charge in [0.15, 0.2) is 0 Å². The number of nitrogens with one attached hydrogen (secondary N) is 2. The first-order valence-corrected chi connectivity index (χ1v) is 6.45. The van der Waals surface area contributed by atoms with Crippen LogP contribution in [0.4, 0.5) is 0 Å². The van der Waals surface area contributed by atoms with Crippen molar-refractivity contribution in [2.75, 3.05) is 13.2 Å². The smallest absolute Gasteiger partial charge is 0.0650 e. The minimum Gasteiger partial charge on any atom is -0.376 e. The van der Waals surface area contributed by atoms with E-state index in [1.165, 1.54) is 37.8 Å². The molecule has 0 aromatic rings. The van der Waals surface area contributed by atoms with Crippen molar-refractivity contribution in [3.05, 3.63) is 36.1 Å². The van der Waals surface area contributed by atoms with Crippen LogP contribution in [0.25, 0.3) is 0 Å². The van der Waals surface area contributed by atoms with Crippen LogP contribution in [0.2, 0.25) is 0 Å². The van der Waals surface area contributed by atoms with Crippen LogP contribution in [0, 0.1) is 5.92 Å². The maximum atomic E-state index is 3.45. The van der Waals surface area contributed by atoms with Gasteiger partial charge in [0.25, 0.3) is 0 Å². The Morgan fingerprint density at radius 3 is 3.06 bits per heavy atom. The monoisotopic (exact) mass is 218 g/mol. The van der Waals surface area contributed by atoms with Crippen molar-refractivity contribution in [2.45, 2.75) is 32.1 Å². The highest BCUT2D eigenvalue weighted by Gasteiger charge is 2.16. The van der Waals surface area contributed by atoms with E-state index in [1.807, 2.05) is 0 Å². The highest BCUT2D eigenvalue weighted by Crippen LogP contribution is 2.19. The fraction of sp³-hybridized carbons (Fsp3) is 0.571. The minimum absolute atomic E-state index is 0.682. The molecule has 2 rings (SSSR count). The Bertz CT molecular complexity index is 289. The molecule has 0 radical (unpaired) electrons. The Labute approximate surface area is 98.5 Å². The lowest BCUT2D eigenvalue weighted by Gasteiger charge is -2.27. The molecule has 0 bridgehead atoms. The van der Waals surface area contributed by atoms with Gasteiger partial charge in [0, 0.05) is 18.2 Å². The zero-order valence-electron chi connectivity index (χ0n) is 9.91. The average molecular weight is 218 g/mol. The number of allylic oxidation sites excluding steroid dienone is 5. The zero-order valence-corrected chi connectivity index (χ0v) is 9.91. The molecule has 2 nitrogen and oxygen atoms in total. The Balaban J connectivity index is 2.03. The van der Waals surface area contributed by atoms with E-state index in [1.54, 1.807) is 0 Å². The number of hydrogen-bond donors (Lipinski definition) is 2. The summed E-state index contributed by atoms with van der Waals surface area (Å²) in [5, 5.41) is 6.85. The van der Waals surface area contributed by atoms with Gasteiger partial charge in [-0.3, -0.25) is 5.32 Å². The second-order valence-electron chi connectivity index (χ2n) is 4.58. The summed E-state index contributed by atoms with van der Waals surface area (Å²) in [6.45, 7) is 2.04. The van der Waals surface area contributed by atoms with Crippen LogP contribution in [0.1, 0.15) is 32.1 Å². The van der Waals surface area contributed by atoms with E-state index in [2.05, 4.69) is 41.0 Å². The van der Waals surface area contributed by atoms with E-state index in [4.69, 9.17) is 0 Å². The second-order valence-corrected chi connectivity index (χ2v) is 4.58. The third-order valence-electron chi connectivity index (χ3n) is 3.31. The molecule has 1 aliphatic heterocycles. The van der Waals surface area contributed by atoms with Crippen molar-refractivity contribution >= 4 is 0 Å². The summed E-state index contributed by atoms with van der Waals surface area (Å²) in [5.41, 5.74) is 1.41. The highest BCUT2D eigenvalue weighted by molar-refractivity contribution is 5.19. The van der Waals surface area contributed by atoms with Crippen molar-refractivity contribution in [1.82, 2.24) is 10.6 Å². The molecule has 2 N–H and O–H groups in total. The maximum Gasteiger partial charge on any atom is 0.0650 e. The van der Waals surface area contributed by atoms with Gasteiger partial charge >= 0.3 is 0 Å². The van der Waals surface area contributed by atoms with Crippen LogP contribution >= 0.6 is 0 Å². The molecule has 16 heavy (non-hydrogen) atoms. The van der Waals surface area contributed by atoms with E-state index in [-0.39, 0.29) is 0 Å². The zero-order chi connectivity index (χ0) is 11.1. The van der Waals surface area contributed by atoms with Gasteiger partial charge in [-0.2, -0.15) is 0 Å². The summed E-state index contributed by atoms with van der Waals surface area (Å²) in [6.07, 6.45) is 17.5. The van der Waals surface area contributed by atoms with Crippen molar-refractivity contribution in [3.8, 4) is 0 Å². The molecule has 88 valence electrons. The van der Waals surface area contributed by atoms with Gasteiger partial charge in [0.2, 0.25) is 0 Å². The van der Waals surface area contributed by atoms with Crippen molar-refractivity contribution in [2.24, 2.45) is 5.92 Å². The van der Waals surface area contributed by atoms with Crippen LogP contribution in [0.3, 0.4) is 0 Å². The molecule has 1 saturated heterocycles. The molecule has 2 aliphatic rings. The molecule has 1 atom stereocenters. The van der Waals surface area contributed by atoms with Crippen LogP contribution in [0.5, 0.6) is 0 Å². The van der Waals surface area contributed by atoms with Crippen molar-refractivity contribution in [3.63, 3.8) is 0 Å². The van der Waals surface area contributed by atoms with Gasteiger partial charge in [0.05, 0.1) is 6.67 Å². The van der Waals surface area contributed by atoms with Gasteiger partial charge < -0.3 is 5.32 Å². The first kappa shape index (κ1) is 11.5. The number of fused-ring (bicyclic) bond motifs is 1. The highest BCUT2D eigenvalue weighted by atomic mass is 15.1. The van der Waals surface area contributed by atoms with Gasteiger partial charge in [-0.1, -0.05) is 37.1 Å². The largest absolute Gasteiger partial charge is 0.376 e. The summed E-state index contributed by atoms with van der Waals surface area (Å²) in [6, 6.07) is 0. The molecular formula is C14H22N2. The summed E-state index contributed by atoms with van der Waals surface area (Å²) in [7, 11) is 0. The van der Waals surface area contributed by atoms with E-state index < -0.39 is 0 Å². The molecule has 1 heterocycles. The Hall–Kier alpha value is -1.02. The lowest BCUT2D eigenvalue weighted by molar-refractivity contribution is 0.401. The number of hydrogen-bond acceptors (Lipinski definition) is 2. The van der Waals surface area contributed by atoms with Gasteiger partial charge in [0.1, 0.15) is 0 Å². The fourth-order valence-corrected chi connectivity index (χ4v) is 2.35. The van der Waals surface area contributed by atoms with E-state index in [0.29, 0.717) is 5.92 Å². The Morgan fingerprint density at radius 2 is 2.06 bits per heavy atom. The first-order chi connectivity index (χ1) is 7.97. The molecule has 0 aromatic heterocycles. The van der Waals surface area contributed by atoms with Crippen LogP contribution in [0.15, 0.2) is 36.1 Å². The predicted octanol–water partition coefficient (Wildman–Crippen LogP) is 2.71. The second kappa shape index (κ2) is 6.54. The summed E-state index contributed by atoms with van der Waals surface area (Å²) in [4.78, 5) is 0. The van der Waals surface area contributed by atoms with E-state index >= 15 is 0 Å². The SMILES string of the molecule is C1=CC=C2NCNCC2CCCCCC=C1. The van der Waals surface area contributed by atoms with E-state index in [0.717, 1.165) is 13.2 Å². The molecule has 1 aliphatic carbocycles. The summed E-state index contributed by atoms with van der Waals surface area (Å²) >= 11 is 0. The number of rotatable bonds is 0. The normalized spacial score (nSPS) is 27.0. The van der Waals surface area contributed by atoms with Crippen LogP contribution < -0.4 is 10.6 Å². The molecule has 2 heteroatoms. The molecule has 1 fully saturated rings. The van der Waals surface area contributed by atoms with Gasteiger partial charge in [-0.05, 0) is 25.3 Å². The minimum atomic E-state index is 0.682. The van der Waals surface area contributed by atoms with Crippen molar-refractivity contribution in [1.29, 1.82) is 0 Å². The summed E-state index contributed by atoms with van der Waals surface area (Å²) < 4.78 is 0. The molecule has 1 unspecified atom stereocenters. The molecule has 0 saturated carbocycles. The molecule has 0 spiro atoms. The Morgan fingerprint density at radius 1 is 1.06 bits per heavy atom. The van der Waals surface area contributed by atoms with Crippen molar-refractivity contribution < 1.29 is 0 Å². The maximum absolute atomic E-state index is 3.45. The van der Waals surface area contributed by atoms with Crippen LogP contribution in [-0.2, 0) is 0 Å².